The Morgan fingerprint density at radius 2 is 1.97 bits per heavy atom. The summed E-state index contributed by atoms with van der Waals surface area (Å²) in [7, 11) is 3.49. The number of methoxy groups -OCH3 is 1. The zero-order valence-electron chi connectivity index (χ0n) is 17.5. The Hall–Kier alpha value is -2.37. The maximum Gasteiger partial charge on any atom is 0.165 e. The van der Waals surface area contributed by atoms with Crippen molar-refractivity contribution in [2.75, 3.05) is 40.3 Å². The minimum atomic E-state index is -0.339. The van der Waals surface area contributed by atoms with Crippen LogP contribution in [-0.4, -0.2) is 50.2 Å². The van der Waals surface area contributed by atoms with Gasteiger partial charge in [0.1, 0.15) is 0 Å². The number of likely N-dealkylation sites (tertiary alicyclic amines) is 1. The number of nitrogens with zero attached hydrogens (tertiary/aromatic N) is 1. The predicted molar refractivity (Wildman–Crippen MR) is 117 cm³/mol. The van der Waals surface area contributed by atoms with Gasteiger partial charge in [-0.3, -0.25) is 0 Å². The largest absolute Gasteiger partial charge is 0.494 e. The minimum absolute atomic E-state index is 0.269. The fourth-order valence-electron chi connectivity index (χ4n) is 4.47. The summed E-state index contributed by atoms with van der Waals surface area (Å²) in [6, 6.07) is 11.9. The van der Waals surface area contributed by atoms with E-state index in [0.717, 1.165) is 48.5 Å². The topological polar surface area (TPSA) is 40.3 Å². The van der Waals surface area contributed by atoms with Crippen molar-refractivity contribution in [2.24, 2.45) is 0 Å². The number of aromatic amines is 1. The first-order valence-electron chi connectivity index (χ1n) is 10.4. The Morgan fingerprint density at radius 3 is 2.66 bits per heavy atom. The normalized spacial score (nSPS) is 15.9. The molecule has 154 valence electrons. The van der Waals surface area contributed by atoms with E-state index in [0.29, 0.717) is 5.92 Å². The molecule has 0 radical (unpaired) electrons. The van der Waals surface area contributed by atoms with Gasteiger partial charge in [0.05, 0.1) is 7.11 Å². The summed E-state index contributed by atoms with van der Waals surface area (Å²) in [5, 5.41) is 4.46. The monoisotopic (exact) mass is 395 g/mol. The highest BCUT2D eigenvalue weighted by Gasteiger charge is 2.21. The Kier molecular flexibility index (Phi) is 5.88. The predicted octanol–water partition coefficient (Wildman–Crippen LogP) is 4.69. The molecule has 2 N–H and O–H groups in total. The van der Waals surface area contributed by atoms with Crippen LogP contribution < -0.4 is 10.1 Å². The fourth-order valence-corrected chi connectivity index (χ4v) is 4.47. The summed E-state index contributed by atoms with van der Waals surface area (Å²) in [6.07, 6.45) is 2.41. The zero-order valence-corrected chi connectivity index (χ0v) is 17.5. The van der Waals surface area contributed by atoms with Crippen LogP contribution in [0.2, 0.25) is 0 Å². The molecular weight excluding hydrogens is 365 g/mol. The highest BCUT2D eigenvalue weighted by molar-refractivity contribution is 5.91. The molecule has 1 aliphatic heterocycles. The average molecular weight is 396 g/mol. The van der Waals surface area contributed by atoms with E-state index in [-0.39, 0.29) is 11.6 Å². The van der Waals surface area contributed by atoms with Gasteiger partial charge in [0, 0.05) is 35.2 Å². The van der Waals surface area contributed by atoms with E-state index < -0.39 is 0 Å². The Morgan fingerprint density at radius 1 is 1.17 bits per heavy atom. The van der Waals surface area contributed by atoms with Crippen molar-refractivity contribution in [2.45, 2.75) is 25.7 Å². The van der Waals surface area contributed by atoms with E-state index in [9.17, 15) is 4.39 Å². The second-order valence-electron chi connectivity index (χ2n) is 8.00. The third kappa shape index (κ3) is 4.02. The van der Waals surface area contributed by atoms with E-state index >= 15 is 0 Å². The van der Waals surface area contributed by atoms with Gasteiger partial charge in [0.15, 0.2) is 11.6 Å². The van der Waals surface area contributed by atoms with Crippen LogP contribution in [-0.2, 0) is 0 Å². The zero-order chi connectivity index (χ0) is 20.4. The number of hydrogen-bond acceptors (Lipinski definition) is 3. The average Bonchev–Trinajstić information content (AvgIpc) is 3.08. The van der Waals surface area contributed by atoms with Crippen LogP contribution in [0.5, 0.6) is 5.75 Å². The molecule has 0 atom stereocenters. The van der Waals surface area contributed by atoms with Gasteiger partial charge in [0.25, 0.3) is 0 Å². The van der Waals surface area contributed by atoms with Crippen molar-refractivity contribution in [1.82, 2.24) is 15.2 Å². The van der Waals surface area contributed by atoms with Crippen molar-refractivity contribution in [3.63, 3.8) is 0 Å². The lowest BCUT2D eigenvalue weighted by Gasteiger charge is -2.32. The van der Waals surface area contributed by atoms with Crippen molar-refractivity contribution >= 4 is 10.9 Å². The van der Waals surface area contributed by atoms with E-state index in [1.54, 1.807) is 12.1 Å². The summed E-state index contributed by atoms with van der Waals surface area (Å²) in [5.41, 5.74) is 5.50. The van der Waals surface area contributed by atoms with Gasteiger partial charge >= 0.3 is 0 Å². The molecule has 2 aromatic carbocycles. The molecular formula is C24H30FN3O. The van der Waals surface area contributed by atoms with Gasteiger partial charge in [0.2, 0.25) is 0 Å². The van der Waals surface area contributed by atoms with Gasteiger partial charge in [-0.1, -0.05) is 6.07 Å². The molecule has 0 spiro atoms. The van der Waals surface area contributed by atoms with Gasteiger partial charge in [-0.2, -0.15) is 0 Å². The van der Waals surface area contributed by atoms with Crippen LogP contribution in [0.4, 0.5) is 4.39 Å². The third-order valence-corrected chi connectivity index (χ3v) is 6.26. The van der Waals surface area contributed by atoms with Crippen molar-refractivity contribution in [3.8, 4) is 17.0 Å². The number of benzene rings is 2. The number of ether oxygens (including phenoxy) is 1. The van der Waals surface area contributed by atoms with Crippen LogP contribution in [0.1, 0.15) is 29.9 Å². The first-order chi connectivity index (χ1) is 14.1. The lowest BCUT2D eigenvalue weighted by Crippen LogP contribution is -2.37. The standard InChI is InChI=1S/C24H30FN3O/c1-16-20-14-18(17-8-11-28(12-9-17)13-10-26-2)4-6-22(20)27-24(16)19-5-7-23(29-3)21(25)15-19/h4-7,14-15,17,26-27H,8-13H2,1-3H3. The van der Waals surface area contributed by atoms with Gasteiger partial charge in [-0.25, -0.2) is 4.39 Å². The summed E-state index contributed by atoms with van der Waals surface area (Å²) in [4.78, 5) is 6.03. The number of halogens is 1. The molecule has 3 aromatic rings. The lowest BCUT2D eigenvalue weighted by molar-refractivity contribution is 0.214. The van der Waals surface area contributed by atoms with Crippen molar-refractivity contribution in [3.05, 3.63) is 53.3 Å². The molecule has 29 heavy (non-hydrogen) atoms. The Bertz CT molecular complexity index is 989. The summed E-state index contributed by atoms with van der Waals surface area (Å²) in [5.74, 6) is 0.543. The molecule has 1 fully saturated rings. The fraction of sp³-hybridized carbons (Fsp3) is 0.417. The molecule has 2 heterocycles. The Labute approximate surface area is 172 Å². The second-order valence-corrected chi connectivity index (χ2v) is 8.00. The quantitative estimate of drug-likeness (QED) is 0.636. The molecule has 0 bridgehead atoms. The van der Waals surface area contributed by atoms with E-state index in [4.69, 9.17) is 4.74 Å². The lowest BCUT2D eigenvalue weighted by atomic mass is 9.88. The van der Waals surface area contributed by atoms with E-state index in [1.165, 1.54) is 30.9 Å². The third-order valence-electron chi connectivity index (χ3n) is 6.26. The molecule has 4 nitrogen and oxygen atoms in total. The molecule has 0 amide bonds. The smallest absolute Gasteiger partial charge is 0.165 e. The maximum absolute atomic E-state index is 14.2. The number of nitrogens with one attached hydrogen (secondary N) is 2. The van der Waals surface area contributed by atoms with Gasteiger partial charge < -0.3 is 19.9 Å². The van der Waals surface area contributed by atoms with E-state index in [2.05, 4.69) is 40.3 Å². The first-order valence-corrected chi connectivity index (χ1v) is 10.4. The summed E-state index contributed by atoms with van der Waals surface area (Å²) in [6.45, 7) is 6.61. The first kappa shape index (κ1) is 19.9. The molecule has 0 saturated carbocycles. The molecule has 1 aliphatic rings. The molecule has 1 aromatic heterocycles. The number of fused-ring (bicyclic) bond motifs is 1. The summed E-state index contributed by atoms with van der Waals surface area (Å²) < 4.78 is 19.2. The van der Waals surface area contributed by atoms with Crippen LogP contribution >= 0.6 is 0 Å². The molecule has 5 heteroatoms. The SMILES string of the molecule is CNCCN1CCC(c2ccc3[nH]c(-c4ccc(OC)c(F)c4)c(C)c3c2)CC1. The molecule has 0 aliphatic carbocycles. The van der Waals surface area contributed by atoms with Crippen LogP contribution in [0.25, 0.3) is 22.2 Å². The molecule has 4 rings (SSSR count). The number of aromatic nitrogens is 1. The maximum atomic E-state index is 14.2. The molecule has 0 unspecified atom stereocenters. The minimum Gasteiger partial charge on any atom is -0.494 e. The summed E-state index contributed by atoms with van der Waals surface area (Å²) >= 11 is 0. The Balaban J connectivity index is 1.58. The number of piperidine rings is 1. The van der Waals surface area contributed by atoms with Crippen LogP contribution in [0.3, 0.4) is 0 Å². The number of likely N-dealkylation sites (N-methyl/N-ethyl adjacent to an activating group) is 1. The van der Waals surface area contributed by atoms with Crippen molar-refractivity contribution in [1.29, 1.82) is 0 Å². The van der Waals surface area contributed by atoms with Gasteiger partial charge in [-0.15, -0.1) is 0 Å². The number of H-pyrrole nitrogens is 1. The second kappa shape index (κ2) is 8.56. The highest BCUT2D eigenvalue weighted by atomic mass is 19.1. The number of rotatable bonds is 6. The van der Waals surface area contributed by atoms with E-state index in [1.807, 2.05) is 13.1 Å². The number of aryl methyl sites for hydroxylation is 1. The number of hydrogen-bond donors (Lipinski definition) is 2. The van der Waals surface area contributed by atoms with Crippen LogP contribution in [0, 0.1) is 12.7 Å². The van der Waals surface area contributed by atoms with Gasteiger partial charge in [-0.05, 0) is 87.3 Å². The van der Waals surface area contributed by atoms with Crippen LogP contribution in [0.15, 0.2) is 36.4 Å². The highest BCUT2D eigenvalue weighted by Crippen LogP contribution is 2.35. The molecule has 1 saturated heterocycles. The van der Waals surface area contributed by atoms with Crippen molar-refractivity contribution < 1.29 is 9.13 Å².